The van der Waals surface area contributed by atoms with Crippen LogP contribution < -0.4 is 25.4 Å². The maximum Gasteiger partial charge on any atom is 0.263 e. The second kappa shape index (κ2) is 10.5. The van der Waals surface area contributed by atoms with Gasteiger partial charge in [-0.2, -0.15) is 0 Å². The maximum absolute atomic E-state index is 14.4. The van der Waals surface area contributed by atoms with Crippen molar-refractivity contribution in [2.24, 2.45) is 0 Å². The van der Waals surface area contributed by atoms with E-state index in [-0.39, 0.29) is 29.6 Å². The van der Waals surface area contributed by atoms with Gasteiger partial charge in [-0.05, 0) is 31.4 Å². The van der Waals surface area contributed by atoms with E-state index in [1.165, 1.54) is 13.2 Å². The van der Waals surface area contributed by atoms with Gasteiger partial charge in [-0.1, -0.05) is 11.6 Å². The molecule has 5 rings (SSSR count). The Morgan fingerprint density at radius 2 is 2.14 bits per heavy atom. The molecule has 1 aliphatic heterocycles. The summed E-state index contributed by atoms with van der Waals surface area (Å²) in [6, 6.07) is 4.45. The number of aliphatic hydroxyl groups is 1. The molecule has 1 aromatic carbocycles. The van der Waals surface area contributed by atoms with Crippen molar-refractivity contribution in [2.75, 3.05) is 19.0 Å². The molecule has 4 N–H and O–H groups in total. The Labute approximate surface area is 211 Å². The van der Waals surface area contributed by atoms with Gasteiger partial charge >= 0.3 is 0 Å². The minimum absolute atomic E-state index is 0.0667. The van der Waals surface area contributed by atoms with Crippen LogP contribution in [0.3, 0.4) is 0 Å². The van der Waals surface area contributed by atoms with E-state index in [4.69, 9.17) is 21.1 Å². The predicted molar refractivity (Wildman–Crippen MR) is 131 cm³/mol. The molecule has 12 heteroatoms. The third kappa shape index (κ3) is 5.19. The Hall–Kier alpha value is -3.12. The Kier molecular flexibility index (Phi) is 7.15. The van der Waals surface area contributed by atoms with Gasteiger partial charge in [-0.25, -0.2) is 19.3 Å². The van der Waals surface area contributed by atoms with Gasteiger partial charge in [0.2, 0.25) is 5.88 Å². The molecule has 2 aromatic heterocycles. The molecule has 1 saturated carbocycles. The molecule has 0 unspecified atom stereocenters. The number of hydrogen-bond donors (Lipinski definition) is 4. The second-order valence-corrected chi connectivity index (χ2v) is 9.27. The molecule has 2 aliphatic rings. The van der Waals surface area contributed by atoms with Gasteiger partial charge in [-0.15, -0.1) is 0 Å². The van der Waals surface area contributed by atoms with E-state index >= 15 is 0 Å². The molecule has 3 atom stereocenters. The number of anilines is 1. The molecule has 1 aliphatic carbocycles. The summed E-state index contributed by atoms with van der Waals surface area (Å²) in [6.45, 7) is 0.702. The van der Waals surface area contributed by atoms with Crippen molar-refractivity contribution in [3.63, 3.8) is 0 Å². The molecule has 3 aromatic rings. The number of hydrogen-bond acceptors (Lipinski definition) is 9. The van der Waals surface area contributed by atoms with Gasteiger partial charge in [0.1, 0.15) is 5.82 Å². The van der Waals surface area contributed by atoms with Gasteiger partial charge in [0, 0.05) is 42.2 Å². The van der Waals surface area contributed by atoms with Gasteiger partial charge in [0.25, 0.3) is 11.8 Å². The van der Waals surface area contributed by atoms with Crippen LogP contribution in [0.1, 0.15) is 30.5 Å². The number of nitrogens with one attached hydrogen (secondary N) is 3. The van der Waals surface area contributed by atoms with E-state index in [9.17, 15) is 14.3 Å². The second-order valence-electron chi connectivity index (χ2n) is 8.87. The van der Waals surface area contributed by atoms with Crippen molar-refractivity contribution in [1.29, 1.82) is 0 Å². The standard InChI is InChI=1S/C24H26ClFN6O4/c1-35-21-5-3-14-17(26)7-16(25)15(22(14)32-21)10-28-18-4-2-12(6-19(18)33)27-8-13-9-29-24-23(30-13)31-20(34)11-36-24/h3,5,7,9,12,18-19,27-28,33H,2,4,6,8,10-11H2,1H3,(H,30,31,34)/t12-,18-,19+/m0/s1. The summed E-state index contributed by atoms with van der Waals surface area (Å²) < 4.78 is 24.8. The Morgan fingerprint density at radius 1 is 1.28 bits per heavy atom. The number of rotatable bonds is 7. The molecular weight excluding hydrogens is 491 g/mol. The van der Waals surface area contributed by atoms with Crippen molar-refractivity contribution >= 4 is 34.2 Å². The number of methoxy groups -OCH3 is 1. The number of aliphatic hydroxyl groups excluding tert-OH is 1. The van der Waals surface area contributed by atoms with Crippen LogP contribution in [0.4, 0.5) is 10.2 Å². The van der Waals surface area contributed by atoms with Crippen molar-refractivity contribution in [2.45, 2.75) is 50.5 Å². The van der Waals surface area contributed by atoms with E-state index in [0.29, 0.717) is 59.2 Å². The number of ether oxygens (including phenoxy) is 2. The van der Waals surface area contributed by atoms with Crippen molar-refractivity contribution in [1.82, 2.24) is 25.6 Å². The third-order valence-corrected chi connectivity index (χ3v) is 6.82. The summed E-state index contributed by atoms with van der Waals surface area (Å²) in [7, 11) is 1.50. The lowest BCUT2D eigenvalue weighted by atomic mass is 9.88. The summed E-state index contributed by atoms with van der Waals surface area (Å²) >= 11 is 6.36. The number of pyridine rings is 1. The normalized spacial score (nSPS) is 21.6. The molecule has 3 heterocycles. The van der Waals surface area contributed by atoms with Gasteiger partial charge < -0.3 is 30.5 Å². The molecule has 0 bridgehead atoms. The van der Waals surface area contributed by atoms with Crippen LogP contribution in [0.25, 0.3) is 10.9 Å². The summed E-state index contributed by atoms with van der Waals surface area (Å²) in [5, 5.41) is 20.8. The zero-order valence-electron chi connectivity index (χ0n) is 19.6. The summed E-state index contributed by atoms with van der Waals surface area (Å²) in [4.78, 5) is 24.5. The zero-order chi connectivity index (χ0) is 25.2. The average molecular weight is 517 g/mol. The highest BCUT2D eigenvalue weighted by molar-refractivity contribution is 6.32. The summed E-state index contributed by atoms with van der Waals surface area (Å²) in [5.41, 5.74) is 1.75. The van der Waals surface area contributed by atoms with Gasteiger partial charge in [0.15, 0.2) is 12.4 Å². The number of carbonyl (C=O) groups is 1. The van der Waals surface area contributed by atoms with E-state index in [0.717, 1.165) is 12.8 Å². The van der Waals surface area contributed by atoms with Crippen molar-refractivity contribution in [3.8, 4) is 11.8 Å². The third-order valence-electron chi connectivity index (χ3n) is 6.48. The fourth-order valence-corrected chi connectivity index (χ4v) is 4.83. The number of fused-ring (bicyclic) bond motifs is 2. The summed E-state index contributed by atoms with van der Waals surface area (Å²) in [6.07, 6.45) is 3.11. The van der Waals surface area contributed by atoms with Crippen LogP contribution in [-0.4, -0.2) is 57.9 Å². The molecule has 0 saturated heterocycles. The van der Waals surface area contributed by atoms with Crippen molar-refractivity contribution < 1.29 is 23.8 Å². The largest absolute Gasteiger partial charge is 0.481 e. The highest BCUT2D eigenvalue weighted by Gasteiger charge is 2.29. The lowest BCUT2D eigenvalue weighted by Gasteiger charge is -2.34. The first-order chi connectivity index (χ1) is 17.4. The van der Waals surface area contributed by atoms with Gasteiger partial charge in [0.05, 0.1) is 35.6 Å². The number of carbonyl (C=O) groups excluding carboxylic acids is 1. The van der Waals surface area contributed by atoms with Crippen LogP contribution >= 0.6 is 11.6 Å². The van der Waals surface area contributed by atoms with E-state index in [1.807, 2.05) is 0 Å². The average Bonchev–Trinajstić information content (AvgIpc) is 2.87. The number of amides is 1. The van der Waals surface area contributed by atoms with E-state index in [2.05, 4.69) is 30.9 Å². The first-order valence-electron chi connectivity index (χ1n) is 11.7. The fourth-order valence-electron chi connectivity index (χ4n) is 4.58. The highest BCUT2D eigenvalue weighted by atomic mass is 35.5. The molecule has 1 fully saturated rings. The Morgan fingerprint density at radius 3 is 2.94 bits per heavy atom. The first-order valence-corrected chi connectivity index (χ1v) is 12.0. The predicted octanol–water partition coefficient (Wildman–Crippen LogP) is 2.32. The van der Waals surface area contributed by atoms with Crippen LogP contribution in [0.15, 0.2) is 24.4 Å². The highest BCUT2D eigenvalue weighted by Crippen LogP contribution is 2.30. The Bertz CT molecular complexity index is 1300. The monoisotopic (exact) mass is 516 g/mol. The quantitative estimate of drug-likeness (QED) is 0.373. The molecule has 10 nitrogen and oxygen atoms in total. The minimum Gasteiger partial charge on any atom is -0.481 e. The molecule has 190 valence electrons. The number of halogens is 2. The first kappa shape index (κ1) is 24.6. The lowest BCUT2D eigenvalue weighted by Crippen LogP contribution is -2.48. The van der Waals surface area contributed by atoms with E-state index in [1.54, 1.807) is 18.3 Å². The van der Waals surface area contributed by atoms with Crippen molar-refractivity contribution in [3.05, 3.63) is 46.5 Å². The minimum atomic E-state index is -0.591. The zero-order valence-corrected chi connectivity index (χ0v) is 20.3. The number of nitrogens with zero attached hydrogens (tertiary/aromatic N) is 3. The SMILES string of the molecule is COc1ccc2c(F)cc(Cl)c(CN[C@H]3CC[C@H](NCc4cnc5c(n4)NC(=O)CO5)C[C@H]3O)c2n1. The number of benzene rings is 1. The topological polar surface area (TPSA) is 131 Å². The molecular formula is C24H26ClFN6O4. The maximum atomic E-state index is 14.4. The van der Waals surface area contributed by atoms with E-state index < -0.39 is 11.9 Å². The van der Waals surface area contributed by atoms with Crippen LogP contribution in [-0.2, 0) is 17.9 Å². The van der Waals surface area contributed by atoms with Crippen LogP contribution in [0, 0.1) is 5.82 Å². The van der Waals surface area contributed by atoms with Gasteiger partial charge in [-0.3, -0.25) is 4.79 Å². The summed E-state index contributed by atoms with van der Waals surface area (Å²) in [5.74, 6) is 0.288. The molecule has 36 heavy (non-hydrogen) atoms. The molecule has 0 spiro atoms. The smallest absolute Gasteiger partial charge is 0.263 e. The lowest BCUT2D eigenvalue weighted by molar-refractivity contribution is -0.118. The molecule has 1 amide bonds. The molecule has 0 radical (unpaired) electrons. The Balaban J connectivity index is 1.18. The van der Waals surface area contributed by atoms with Crippen LogP contribution in [0.2, 0.25) is 5.02 Å². The number of aromatic nitrogens is 3. The fraction of sp³-hybridized carbons (Fsp3) is 0.417. The van der Waals surface area contributed by atoms with Crippen LogP contribution in [0.5, 0.6) is 11.8 Å².